The van der Waals surface area contributed by atoms with Gasteiger partial charge in [-0.2, -0.15) is 0 Å². The summed E-state index contributed by atoms with van der Waals surface area (Å²) in [7, 11) is -0.935. The van der Waals surface area contributed by atoms with Gasteiger partial charge >= 0.3 is 5.97 Å². The number of carboxylic acids is 1. The van der Waals surface area contributed by atoms with Crippen LogP contribution in [0.25, 0.3) is 0 Å². The van der Waals surface area contributed by atoms with E-state index in [2.05, 4.69) is 0 Å². The zero-order chi connectivity index (χ0) is 11.1. The summed E-state index contributed by atoms with van der Waals surface area (Å²) in [4.78, 5) is 10.4. The topological polar surface area (TPSA) is 37.3 Å². The van der Waals surface area contributed by atoms with E-state index in [9.17, 15) is 4.79 Å². The minimum absolute atomic E-state index is 0.377. The summed E-state index contributed by atoms with van der Waals surface area (Å²) in [5.41, 5.74) is 1.18. The van der Waals surface area contributed by atoms with Crippen LogP contribution in [-0.4, -0.2) is 18.5 Å². The van der Waals surface area contributed by atoms with Gasteiger partial charge in [0, 0.05) is 0 Å². The van der Waals surface area contributed by atoms with Crippen molar-refractivity contribution < 1.29 is 9.90 Å². The lowest BCUT2D eigenvalue weighted by molar-refractivity contribution is 0.0696. The second kappa shape index (κ2) is 6.87. The minimum Gasteiger partial charge on any atom is -0.478 e. The van der Waals surface area contributed by atoms with Crippen molar-refractivity contribution in [2.45, 2.75) is 13.5 Å². The first-order valence-electron chi connectivity index (χ1n) is 3.88. The Hall–Kier alpha value is -0.513. The molecular formula is C9H11Cl2O2Si. The van der Waals surface area contributed by atoms with Gasteiger partial charge in [-0.1, -0.05) is 18.2 Å². The molecule has 0 heterocycles. The number of hydrogen-bond donors (Lipinski definition) is 1. The molecule has 0 atom stereocenters. The van der Waals surface area contributed by atoms with Gasteiger partial charge in [0.05, 0.1) is 5.56 Å². The van der Waals surface area contributed by atoms with E-state index in [1.807, 2.05) is 6.07 Å². The lowest BCUT2D eigenvalue weighted by Crippen LogP contribution is -1.97. The van der Waals surface area contributed by atoms with Crippen molar-refractivity contribution in [1.29, 1.82) is 0 Å². The predicted octanol–water partition coefficient (Wildman–Crippen LogP) is 3.28. The lowest BCUT2D eigenvalue weighted by atomic mass is 10.1. The Kier molecular flexibility index (Phi) is 6.62. The van der Waals surface area contributed by atoms with Gasteiger partial charge in [0.15, 0.2) is 0 Å². The van der Waals surface area contributed by atoms with Crippen molar-refractivity contribution in [2.24, 2.45) is 0 Å². The normalized spacial score (nSPS) is 9.21. The highest BCUT2D eigenvalue weighted by molar-refractivity contribution is 7.33. The molecule has 0 spiro atoms. The third-order valence-corrected chi connectivity index (χ3v) is 1.38. The van der Waals surface area contributed by atoms with Crippen LogP contribution >= 0.6 is 22.2 Å². The molecule has 0 bridgehead atoms. The number of carbonyl (C=O) groups is 1. The molecule has 5 heteroatoms. The van der Waals surface area contributed by atoms with E-state index in [1.54, 1.807) is 31.7 Å². The highest BCUT2D eigenvalue weighted by atomic mass is 35.7. The Morgan fingerprint density at radius 2 is 1.79 bits per heavy atom. The average molecular weight is 250 g/mol. The van der Waals surface area contributed by atoms with Gasteiger partial charge in [0.1, 0.15) is 0 Å². The Bertz CT molecular complexity index is 300. The van der Waals surface area contributed by atoms with E-state index in [1.165, 1.54) is 0 Å². The highest BCUT2D eigenvalue weighted by Gasteiger charge is 2.02. The molecule has 0 amide bonds. The van der Waals surface area contributed by atoms with Crippen molar-refractivity contribution in [1.82, 2.24) is 0 Å². The largest absolute Gasteiger partial charge is 0.478 e. The van der Waals surface area contributed by atoms with Gasteiger partial charge in [-0.3, -0.25) is 0 Å². The molecule has 0 unspecified atom stereocenters. The lowest BCUT2D eigenvalue weighted by Gasteiger charge is -1.96. The Morgan fingerprint density at radius 3 is 2.07 bits per heavy atom. The van der Waals surface area contributed by atoms with E-state index in [0.29, 0.717) is 5.56 Å². The highest BCUT2D eigenvalue weighted by Crippen LogP contribution is 2.05. The number of rotatable bonds is 1. The molecule has 1 rings (SSSR count). The summed E-state index contributed by atoms with van der Waals surface area (Å²) in [6, 6.07) is 6.92. The molecule has 1 aromatic carbocycles. The summed E-state index contributed by atoms with van der Waals surface area (Å²) >= 11 is 10.3. The summed E-state index contributed by atoms with van der Waals surface area (Å²) in [6.45, 7) is 3.58. The molecule has 0 fully saturated rings. The van der Waals surface area contributed by atoms with Crippen LogP contribution in [0.3, 0.4) is 0 Å². The summed E-state index contributed by atoms with van der Waals surface area (Å²) < 4.78 is 0. The zero-order valence-corrected chi connectivity index (χ0v) is 10.4. The standard InChI is InChI=1S/C8H8O2.CH3Cl2Si/c1-6-4-2-3-5-7(6)8(9)10;1-4(2)3/h2-5H,1H3,(H,9,10);1H3. The molecule has 2 nitrogen and oxygen atoms in total. The average Bonchev–Trinajstić information content (AvgIpc) is 2.03. The third-order valence-electron chi connectivity index (χ3n) is 1.38. The maximum absolute atomic E-state index is 10.4. The third kappa shape index (κ3) is 6.02. The fourth-order valence-corrected chi connectivity index (χ4v) is 0.813. The van der Waals surface area contributed by atoms with Gasteiger partial charge in [-0.15, -0.1) is 22.2 Å². The van der Waals surface area contributed by atoms with Crippen LogP contribution in [0.1, 0.15) is 15.9 Å². The Labute approximate surface area is 94.5 Å². The number of halogens is 2. The van der Waals surface area contributed by atoms with E-state index < -0.39 is 13.4 Å². The first kappa shape index (κ1) is 13.5. The number of carboxylic acid groups (broad SMARTS) is 1. The van der Waals surface area contributed by atoms with Crippen molar-refractivity contribution in [3.63, 3.8) is 0 Å². The van der Waals surface area contributed by atoms with Crippen LogP contribution in [0, 0.1) is 6.92 Å². The van der Waals surface area contributed by atoms with Crippen LogP contribution in [0.2, 0.25) is 6.55 Å². The summed E-state index contributed by atoms with van der Waals surface area (Å²) in [5.74, 6) is -0.863. The molecule has 0 aliphatic carbocycles. The Morgan fingerprint density at radius 1 is 1.36 bits per heavy atom. The Balaban J connectivity index is 0.000000364. The number of aromatic carboxylic acids is 1. The second-order valence-electron chi connectivity index (χ2n) is 2.57. The van der Waals surface area contributed by atoms with Crippen LogP contribution in [0.4, 0.5) is 0 Å². The molecule has 0 aromatic heterocycles. The fourth-order valence-electron chi connectivity index (χ4n) is 0.813. The van der Waals surface area contributed by atoms with Gasteiger partial charge in [0.2, 0.25) is 0 Å². The fraction of sp³-hybridized carbons (Fsp3) is 0.222. The van der Waals surface area contributed by atoms with Gasteiger partial charge < -0.3 is 5.11 Å². The summed E-state index contributed by atoms with van der Waals surface area (Å²) in [6.07, 6.45) is 0. The van der Waals surface area contributed by atoms with E-state index >= 15 is 0 Å². The van der Waals surface area contributed by atoms with Crippen molar-refractivity contribution in [2.75, 3.05) is 0 Å². The molecule has 1 aromatic rings. The smallest absolute Gasteiger partial charge is 0.335 e. The summed E-state index contributed by atoms with van der Waals surface area (Å²) in [5, 5.41) is 8.57. The van der Waals surface area contributed by atoms with E-state index in [4.69, 9.17) is 27.3 Å². The molecule has 14 heavy (non-hydrogen) atoms. The monoisotopic (exact) mass is 249 g/mol. The molecule has 0 saturated carbocycles. The van der Waals surface area contributed by atoms with Crippen LogP contribution < -0.4 is 0 Å². The second-order valence-corrected chi connectivity index (χ2v) is 7.45. The quantitative estimate of drug-likeness (QED) is 0.613. The van der Waals surface area contributed by atoms with Crippen molar-refractivity contribution in [3.05, 3.63) is 35.4 Å². The van der Waals surface area contributed by atoms with Crippen LogP contribution in [0.5, 0.6) is 0 Å². The maximum atomic E-state index is 10.4. The van der Waals surface area contributed by atoms with Gasteiger partial charge in [0.25, 0.3) is 7.42 Å². The first-order valence-corrected chi connectivity index (χ1v) is 7.91. The van der Waals surface area contributed by atoms with Gasteiger partial charge in [-0.25, -0.2) is 4.79 Å². The van der Waals surface area contributed by atoms with Crippen molar-refractivity contribution >= 4 is 35.5 Å². The van der Waals surface area contributed by atoms with Gasteiger partial charge in [-0.05, 0) is 25.1 Å². The molecule has 0 aliphatic rings. The number of benzene rings is 1. The number of aryl methyl sites for hydroxylation is 1. The molecule has 1 radical (unpaired) electrons. The van der Waals surface area contributed by atoms with Crippen molar-refractivity contribution in [3.8, 4) is 0 Å². The van der Waals surface area contributed by atoms with E-state index in [0.717, 1.165) is 5.56 Å². The number of hydrogen-bond acceptors (Lipinski definition) is 1. The predicted molar refractivity (Wildman–Crippen MR) is 61.5 cm³/mol. The maximum Gasteiger partial charge on any atom is 0.335 e. The van der Waals surface area contributed by atoms with Crippen LogP contribution in [0.15, 0.2) is 24.3 Å². The van der Waals surface area contributed by atoms with Crippen LogP contribution in [-0.2, 0) is 0 Å². The molecule has 0 saturated heterocycles. The first-order chi connectivity index (χ1) is 6.45. The molecule has 1 N–H and O–H groups in total. The molecule has 77 valence electrons. The molecular weight excluding hydrogens is 239 g/mol. The van der Waals surface area contributed by atoms with E-state index in [-0.39, 0.29) is 0 Å². The SMILES string of the molecule is C[Si](Cl)Cl.Cc1ccccc1C(=O)O. The zero-order valence-electron chi connectivity index (χ0n) is 7.92. The minimum atomic E-state index is -0.935. The molecule has 0 aliphatic heterocycles.